The second-order valence-electron chi connectivity index (χ2n) is 9.07. The molecule has 7 nitrogen and oxygen atoms in total. The molecule has 2 amide bonds. The number of rotatable bonds is 10. The highest BCUT2D eigenvalue weighted by Gasteiger charge is 2.34. The molecule has 1 aliphatic carbocycles. The number of hydrogen-bond donors (Lipinski definition) is 2. The van der Waals surface area contributed by atoms with Gasteiger partial charge in [-0.25, -0.2) is 9.59 Å². The number of alkyl carbamates (subject to hydrolysis) is 1. The predicted octanol–water partition coefficient (Wildman–Crippen LogP) is 4.71. The molecule has 0 bridgehead atoms. The van der Waals surface area contributed by atoms with Gasteiger partial charge in [0.05, 0.1) is 5.88 Å². The number of carbonyl (C=O) groups is 3. The van der Waals surface area contributed by atoms with Crippen LogP contribution in [0.1, 0.15) is 49.7 Å². The van der Waals surface area contributed by atoms with E-state index in [4.69, 9.17) is 4.74 Å². The number of ether oxygens (including phenoxy) is 1. The Kier molecular flexibility index (Phi) is 8.33. The van der Waals surface area contributed by atoms with Crippen molar-refractivity contribution >= 4 is 29.7 Å². The minimum atomic E-state index is -0.942. The van der Waals surface area contributed by atoms with Crippen molar-refractivity contribution in [1.82, 2.24) is 10.2 Å². The van der Waals surface area contributed by atoms with Gasteiger partial charge in [0.1, 0.15) is 12.6 Å². The van der Waals surface area contributed by atoms with E-state index in [2.05, 4.69) is 36.5 Å². The Labute approximate surface area is 210 Å². The topological polar surface area (TPSA) is 95.9 Å². The number of carbonyl (C=O) groups excluding carboxylic acids is 2. The van der Waals surface area contributed by atoms with Crippen LogP contribution < -0.4 is 5.32 Å². The molecule has 2 atom stereocenters. The lowest BCUT2D eigenvalue weighted by Gasteiger charge is -2.22. The highest BCUT2D eigenvalue weighted by Crippen LogP contribution is 2.44. The van der Waals surface area contributed by atoms with Crippen LogP contribution in [0.4, 0.5) is 4.79 Å². The molecule has 2 aromatic rings. The Morgan fingerprint density at radius 3 is 2.37 bits per heavy atom. The molecule has 2 unspecified atom stereocenters. The molecule has 2 N–H and O–H groups in total. The number of amides is 2. The summed E-state index contributed by atoms with van der Waals surface area (Å²) in [4.78, 5) is 37.7. The van der Waals surface area contributed by atoms with Crippen molar-refractivity contribution in [3.8, 4) is 11.1 Å². The first-order chi connectivity index (χ1) is 17.0. The summed E-state index contributed by atoms with van der Waals surface area (Å²) < 4.78 is 5.59. The average Bonchev–Trinajstić information content (AvgIpc) is 3.48. The number of aliphatic carboxylic acids is 1. The quantitative estimate of drug-likeness (QED) is 0.495. The standard InChI is InChI=1S/C27H32N2O5S/c1-2-18(11-12-25(30)29-17-35-16-24(29)26(31)32)13-14-28-27(33)34-15-23-21-9-5-3-7-19(21)20-8-4-6-10-22(20)23/h3-10,18,23-24H,2,11-17H2,1H3,(H,28,33)(H,31,32). The maximum Gasteiger partial charge on any atom is 0.407 e. The van der Waals surface area contributed by atoms with Gasteiger partial charge in [-0.3, -0.25) is 4.79 Å². The van der Waals surface area contributed by atoms with Crippen LogP contribution in [0.2, 0.25) is 0 Å². The molecule has 35 heavy (non-hydrogen) atoms. The number of hydrogen-bond acceptors (Lipinski definition) is 5. The monoisotopic (exact) mass is 496 g/mol. The Bertz CT molecular complexity index is 1030. The van der Waals surface area contributed by atoms with Crippen LogP contribution in [0.15, 0.2) is 48.5 Å². The Hall–Kier alpha value is -3.00. The molecular formula is C27H32N2O5S. The van der Waals surface area contributed by atoms with Crippen LogP contribution in [0.3, 0.4) is 0 Å². The first-order valence-electron chi connectivity index (χ1n) is 12.2. The van der Waals surface area contributed by atoms with Crippen LogP contribution in [-0.2, 0) is 14.3 Å². The molecule has 0 radical (unpaired) electrons. The molecule has 2 aliphatic rings. The number of nitrogens with zero attached hydrogens (tertiary/aromatic N) is 1. The van der Waals surface area contributed by atoms with E-state index in [9.17, 15) is 19.5 Å². The van der Waals surface area contributed by atoms with E-state index in [1.54, 1.807) is 0 Å². The normalized spacial score (nSPS) is 17.5. The molecule has 0 saturated carbocycles. The second-order valence-corrected chi connectivity index (χ2v) is 10.1. The summed E-state index contributed by atoms with van der Waals surface area (Å²) in [6, 6.07) is 15.7. The lowest BCUT2D eigenvalue weighted by molar-refractivity contribution is -0.147. The molecule has 0 spiro atoms. The van der Waals surface area contributed by atoms with E-state index in [-0.39, 0.29) is 24.3 Å². The number of carboxylic acids is 1. The van der Waals surface area contributed by atoms with E-state index < -0.39 is 18.1 Å². The van der Waals surface area contributed by atoms with Gasteiger partial charge in [0.15, 0.2) is 0 Å². The lowest BCUT2D eigenvalue weighted by Crippen LogP contribution is -2.41. The Balaban J connectivity index is 1.21. The smallest absolute Gasteiger partial charge is 0.407 e. The molecule has 8 heteroatoms. The van der Waals surface area contributed by atoms with Gasteiger partial charge >= 0.3 is 12.1 Å². The first kappa shape index (κ1) is 25.1. The molecule has 1 heterocycles. The van der Waals surface area contributed by atoms with E-state index in [1.807, 2.05) is 24.3 Å². The fourth-order valence-corrected chi connectivity index (χ4v) is 6.12. The lowest BCUT2D eigenvalue weighted by atomic mass is 9.96. The fraction of sp³-hybridized carbons (Fsp3) is 0.444. The largest absolute Gasteiger partial charge is 0.480 e. The zero-order valence-corrected chi connectivity index (χ0v) is 20.8. The maximum absolute atomic E-state index is 12.5. The summed E-state index contributed by atoms with van der Waals surface area (Å²) in [5, 5.41) is 12.1. The molecule has 2 aromatic carbocycles. The third kappa shape index (κ3) is 5.81. The van der Waals surface area contributed by atoms with Gasteiger partial charge in [-0.05, 0) is 41.0 Å². The summed E-state index contributed by atoms with van der Waals surface area (Å²) >= 11 is 1.47. The molecule has 1 fully saturated rings. The maximum atomic E-state index is 12.5. The number of fused-ring (bicyclic) bond motifs is 3. The van der Waals surface area contributed by atoms with Crippen LogP contribution in [-0.4, -0.2) is 58.8 Å². The van der Waals surface area contributed by atoms with Crippen LogP contribution >= 0.6 is 11.8 Å². The van der Waals surface area contributed by atoms with E-state index >= 15 is 0 Å². The number of thioether (sulfide) groups is 1. The zero-order valence-electron chi connectivity index (χ0n) is 19.9. The van der Waals surface area contributed by atoms with Crippen molar-refractivity contribution in [2.45, 2.75) is 44.6 Å². The van der Waals surface area contributed by atoms with Crippen LogP contribution in [0.5, 0.6) is 0 Å². The Morgan fingerprint density at radius 2 is 1.74 bits per heavy atom. The van der Waals surface area contributed by atoms with E-state index in [0.29, 0.717) is 31.0 Å². The summed E-state index contributed by atoms with van der Waals surface area (Å²) in [5.41, 5.74) is 4.75. The molecular weight excluding hydrogens is 464 g/mol. The second kappa shape index (κ2) is 11.6. The average molecular weight is 497 g/mol. The van der Waals surface area contributed by atoms with Gasteiger partial charge in [0.2, 0.25) is 5.91 Å². The summed E-state index contributed by atoms with van der Waals surface area (Å²) in [6.07, 6.45) is 2.20. The number of nitrogens with one attached hydrogen (secondary N) is 1. The SMILES string of the molecule is CCC(CCNC(=O)OCC1c2ccccc2-c2ccccc21)CCC(=O)N1CSCC1C(=O)O. The summed E-state index contributed by atoms with van der Waals surface area (Å²) in [5.74, 6) is 0.137. The molecule has 0 aromatic heterocycles. The van der Waals surface area contributed by atoms with Crippen molar-refractivity contribution in [2.24, 2.45) is 5.92 Å². The van der Waals surface area contributed by atoms with Crippen LogP contribution in [0.25, 0.3) is 11.1 Å². The van der Waals surface area contributed by atoms with Crippen molar-refractivity contribution in [1.29, 1.82) is 0 Å². The highest BCUT2D eigenvalue weighted by molar-refractivity contribution is 7.99. The predicted molar refractivity (Wildman–Crippen MR) is 136 cm³/mol. The minimum Gasteiger partial charge on any atom is -0.480 e. The van der Waals surface area contributed by atoms with E-state index in [0.717, 1.165) is 12.8 Å². The number of benzene rings is 2. The fourth-order valence-electron chi connectivity index (χ4n) is 4.94. The Morgan fingerprint density at radius 1 is 1.09 bits per heavy atom. The van der Waals surface area contributed by atoms with E-state index in [1.165, 1.54) is 38.9 Å². The molecule has 4 rings (SSSR count). The third-order valence-corrected chi connectivity index (χ3v) is 8.01. The van der Waals surface area contributed by atoms with Gasteiger partial charge in [-0.1, -0.05) is 61.9 Å². The van der Waals surface area contributed by atoms with Crippen molar-refractivity contribution in [2.75, 3.05) is 24.8 Å². The zero-order chi connectivity index (χ0) is 24.8. The first-order valence-corrected chi connectivity index (χ1v) is 13.3. The van der Waals surface area contributed by atoms with Gasteiger partial charge < -0.3 is 20.1 Å². The van der Waals surface area contributed by atoms with Gasteiger partial charge in [-0.2, -0.15) is 0 Å². The summed E-state index contributed by atoms with van der Waals surface area (Å²) in [7, 11) is 0. The third-order valence-electron chi connectivity index (χ3n) is 7.00. The molecule has 186 valence electrons. The number of carboxylic acid groups (broad SMARTS) is 1. The van der Waals surface area contributed by atoms with Crippen molar-refractivity contribution < 1.29 is 24.2 Å². The van der Waals surface area contributed by atoms with Crippen LogP contribution in [0, 0.1) is 5.92 Å². The summed E-state index contributed by atoms with van der Waals surface area (Å²) in [6.45, 7) is 2.82. The van der Waals surface area contributed by atoms with Gasteiger partial charge in [0.25, 0.3) is 0 Å². The molecule has 1 aliphatic heterocycles. The van der Waals surface area contributed by atoms with Gasteiger partial charge in [0, 0.05) is 24.6 Å². The van der Waals surface area contributed by atoms with Gasteiger partial charge in [-0.15, -0.1) is 11.8 Å². The minimum absolute atomic E-state index is 0.0286. The highest BCUT2D eigenvalue weighted by atomic mass is 32.2. The van der Waals surface area contributed by atoms with Crippen molar-refractivity contribution in [3.63, 3.8) is 0 Å². The van der Waals surface area contributed by atoms with Crippen molar-refractivity contribution in [3.05, 3.63) is 59.7 Å². The molecule has 1 saturated heterocycles.